The number of rotatable bonds is 5. The first kappa shape index (κ1) is 20.7. The van der Waals surface area contributed by atoms with Gasteiger partial charge in [0.25, 0.3) is 5.91 Å². The number of aryl methyl sites for hydroxylation is 2. The minimum atomic E-state index is -0.569. The molecule has 0 aliphatic heterocycles. The molecule has 6 nitrogen and oxygen atoms in total. The Bertz CT molecular complexity index is 886. The molecule has 0 atom stereocenters. The highest BCUT2D eigenvalue weighted by Crippen LogP contribution is 2.21. The number of halogens is 1. The number of esters is 1. The van der Waals surface area contributed by atoms with Crippen molar-refractivity contribution < 1.29 is 19.1 Å². The summed E-state index contributed by atoms with van der Waals surface area (Å²) in [5.41, 5.74) is 2.90. The van der Waals surface area contributed by atoms with Crippen LogP contribution in [0, 0.1) is 13.8 Å². The molecule has 0 spiro atoms. The third kappa shape index (κ3) is 5.94. The van der Waals surface area contributed by atoms with Gasteiger partial charge in [0, 0.05) is 5.69 Å². The highest BCUT2D eigenvalue weighted by molar-refractivity contribution is 7.80. The first-order chi connectivity index (χ1) is 12.8. The Morgan fingerprint density at radius 3 is 2.52 bits per heavy atom. The Labute approximate surface area is 167 Å². The lowest BCUT2D eigenvalue weighted by molar-refractivity contribution is -0.121. The zero-order valence-corrected chi connectivity index (χ0v) is 16.7. The molecule has 0 bridgehead atoms. The molecule has 0 heterocycles. The van der Waals surface area contributed by atoms with Crippen molar-refractivity contribution >= 4 is 46.5 Å². The predicted octanol–water partition coefficient (Wildman–Crippen LogP) is 3.64. The summed E-state index contributed by atoms with van der Waals surface area (Å²) in [6.07, 6.45) is 0. The normalized spacial score (nSPS) is 10.1. The number of thiocarbonyl (C=S) groups is 1. The van der Waals surface area contributed by atoms with Crippen molar-refractivity contribution in [1.82, 2.24) is 5.32 Å². The Hall–Kier alpha value is -2.64. The second kappa shape index (κ2) is 9.34. The molecule has 2 N–H and O–H groups in total. The molecule has 0 unspecified atom stereocenters. The van der Waals surface area contributed by atoms with Gasteiger partial charge in [0.2, 0.25) is 0 Å². The third-order valence-electron chi connectivity index (χ3n) is 3.73. The summed E-state index contributed by atoms with van der Waals surface area (Å²) in [5.74, 6) is -0.374. The summed E-state index contributed by atoms with van der Waals surface area (Å²) >= 11 is 11.1. The molecule has 2 aromatic rings. The van der Waals surface area contributed by atoms with E-state index in [-0.39, 0.29) is 22.3 Å². The molecule has 0 aliphatic carbocycles. The fourth-order valence-electron chi connectivity index (χ4n) is 2.15. The van der Waals surface area contributed by atoms with Crippen molar-refractivity contribution in [2.45, 2.75) is 13.8 Å². The minimum absolute atomic E-state index is 0.0711. The molecule has 1 amide bonds. The second-order valence-corrected chi connectivity index (χ2v) is 6.54. The molecule has 0 saturated heterocycles. The van der Waals surface area contributed by atoms with Gasteiger partial charge in [0.1, 0.15) is 5.75 Å². The van der Waals surface area contributed by atoms with Gasteiger partial charge in [-0.15, -0.1) is 0 Å². The molecule has 0 saturated carbocycles. The van der Waals surface area contributed by atoms with Gasteiger partial charge in [-0.1, -0.05) is 17.7 Å². The van der Waals surface area contributed by atoms with Crippen LogP contribution < -0.4 is 15.4 Å². The molecule has 0 radical (unpaired) electrons. The number of hydrogen-bond donors (Lipinski definition) is 2. The van der Waals surface area contributed by atoms with Crippen molar-refractivity contribution in [3.8, 4) is 5.75 Å². The number of hydrogen-bond acceptors (Lipinski definition) is 5. The van der Waals surface area contributed by atoms with Crippen LogP contribution in [0.3, 0.4) is 0 Å². The van der Waals surface area contributed by atoms with Crippen LogP contribution in [0.5, 0.6) is 5.75 Å². The van der Waals surface area contributed by atoms with Crippen molar-refractivity contribution in [2.24, 2.45) is 0 Å². The molecule has 8 heteroatoms. The Morgan fingerprint density at radius 2 is 1.85 bits per heavy atom. The lowest BCUT2D eigenvalue weighted by atomic mass is 10.1. The van der Waals surface area contributed by atoms with E-state index in [0.717, 1.165) is 11.1 Å². The van der Waals surface area contributed by atoms with E-state index in [0.29, 0.717) is 11.4 Å². The van der Waals surface area contributed by atoms with Crippen LogP contribution in [-0.4, -0.2) is 30.7 Å². The van der Waals surface area contributed by atoms with Gasteiger partial charge < -0.3 is 14.8 Å². The number of carbonyl (C=O) groups is 2. The summed E-state index contributed by atoms with van der Waals surface area (Å²) in [7, 11) is 1.26. The van der Waals surface area contributed by atoms with Crippen LogP contribution in [0.2, 0.25) is 5.02 Å². The predicted molar refractivity (Wildman–Crippen MR) is 109 cm³/mol. The van der Waals surface area contributed by atoms with Gasteiger partial charge in [0.05, 0.1) is 17.7 Å². The zero-order chi connectivity index (χ0) is 20.0. The number of carbonyl (C=O) groups excluding carboxylic acids is 2. The van der Waals surface area contributed by atoms with Crippen LogP contribution >= 0.6 is 23.8 Å². The molecule has 27 heavy (non-hydrogen) atoms. The summed E-state index contributed by atoms with van der Waals surface area (Å²) in [5, 5.41) is 5.65. The molecular weight excluding hydrogens is 388 g/mol. The van der Waals surface area contributed by atoms with E-state index >= 15 is 0 Å². The topological polar surface area (TPSA) is 76.7 Å². The lowest BCUT2D eigenvalue weighted by Gasteiger charge is -2.12. The van der Waals surface area contributed by atoms with E-state index in [9.17, 15) is 9.59 Å². The van der Waals surface area contributed by atoms with Crippen LogP contribution in [-0.2, 0) is 9.53 Å². The van der Waals surface area contributed by atoms with E-state index < -0.39 is 11.9 Å². The van der Waals surface area contributed by atoms with E-state index in [4.69, 9.17) is 28.6 Å². The number of nitrogens with one attached hydrogen (secondary N) is 2. The minimum Gasteiger partial charge on any atom is -0.484 e. The molecule has 0 fully saturated rings. The van der Waals surface area contributed by atoms with Crippen molar-refractivity contribution in [3.05, 3.63) is 58.1 Å². The quantitative estimate of drug-likeness (QED) is 0.583. The van der Waals surface area contributed by atoms with E-state index in [1.807, 2.05) is 26.0 Å². The maximum absolute atomic E-state index is 12.0. The molecule has 2 aromatic carbocycles. The summed E-state index contributed by atoms with van der Waals surface area (Å²) in [6, 6.07) is 10.2. The molecule has 0 aliphatic rings. The van der Waals surface area contributed by atoms with Crippen molar-refractivity contribution in [1.29, 1.82) is 0 Å². The van der Waals surface area contributed by atoms with Crippen LogP contribution in [0.15, 0.2) is 36.4 Å². The zero-order valence-electron chi connectivity index (χ0n) is 15.1. The van der Waals surface area contributed by atoms with Gasteiger partial charge in [0.15, 0.2) is 11.7 Å². The summed E-state index contributed by atoms with van der Waals surface area (Å²) < 4.78 is 10.1. The second-order valence-electron chi connectivity index (χ2n) is 5.72. The third-order valence-corrected chi connectivity index (χ3v) is 4.26. The van der Waals surface area contributed by atoms with Crippen molar-refractivity contribution in [2.75, 3.05) is 19.0 Å². The Kier molecular flexibility index (Phi) is 7.15. The SMILES string of the molecule is COC(=O)c1cc(NC(=S)NC(=O)COc2ccc(C)c(C)c2)ccc1Cl. The fraction of sp³-hybridized carbons (Fsp3) is 0.211. The highest BCUT2D eigenvalue weighted by atomic mass is 35.5. The van der Waals surface area contributed by atoms with E-state index in [2.05, 4.69) is 15.4 Å². The standard InChI is InChI=1S/C19H19ClN2O4S/c1-11-4-6-14(8-12(11)2)26-10-17(23)22-19(27)21-13-5-7-16(20)15(9-13)18(24)25-3/h4-9H,10H2,1-3H3,(H2,21,22,23,27). The van der Waals surface area contributed by atoms with Gasteiger partial charge >= 0.3 is 5.97 Å². The van der Waals surface area contributed by atoms with Gasteiger partial charge in [-0.25, -0.2) is 4.79 Å². The number of ether oxygens (including phenoxy) is 2. The Balaban J connectivity index is 1.90. The summed E-state index contributed by atoms with van der Waals surface area (Å²) in [6.45, 7) is 3.78. The van der Waals surface area contributed by atoms with E-state index in [1.165, 1.54) is 19.2 Å². The Morgan fingerprint density at radius 1 is 1.11 bits per heavy atom. The average molecular weight is 407 g/mol. The first-order valence-corrected chi connectivity index (χ1v) is 8.77. The molecule has 142 valence electrons. The number of benzene rings is 2. The monoisotopic (exact) mass is 406 g/mol. The number of methoxy groups -OCH3 is 1. The average Bonchev–Trinajstić information content (AvgIpc) is 2.63. The summed E-state index contributed by atoms with van der Waals surface area (Å²) in [4.78, 5) is 23.6. The largest absolute Gasteiger partial charge is 0.484 e. The highest BCUT2D eigenvalue weighted by Gasteiger charge is 2.12. The van der Waals surface area contributed by atoms with Crippen molar-refractivity contribution in [3.63, 3.8) is 0 Å². The van der Waals surface area contributed by atoms with Gasteiger partial charge in [-0.3, -0.25) is 10.1 Å². The fourth-order valence-corrected chi connectivity index (χ4v) is 2.57. The molecule has 0 aromatic heterocycles. The van der Waals surface area contributed by atoms with E-state index in [1.54, 1.807) is 12.1 Å². The first-order valence-electron chi connectivity index (χ1n) is 7.99. The van der Waals surface area contributed by atoms with Crippen LogP contribution in [0.1, 0.15) is 21.5 Å². The molecule has 2 rings (SSSR count). The maximum atomic E-state index is 12.0. The maximum Gasteiger partial charge on any atom is 0.339 e. The number of anilines is 1. The smallest absolute Gasteiger partial charge is 0.339 e. The number of amides is 1. The van der Waals surface area contributed by atoms with Gasteiger partial charge in [-0.05, 0) is 67.5 Å². The molecular formula is C19H19ClN2O4S. The van der Waals surface area contributed by atoms with Gasteiger partial charge in [-0.2, -0.15) is 0 Å². The van der Waals surface area contributed by atoms with Crippen LogP contribution in [0.4, 0.5) is 5.69 Å². The van der Waals surface area contributed by atoms with Crippen LogP contribution in [0.25, 0.3) is 0 Å². The lowest BCUT2D eigenvalue weighted by Crippen LogP contribution is -2.37.